The molecule has 1 saturated carbocycles. The average Bonchev–Trinajstić information content (AvgIpc) is 2.75. The molecule has 0 radical (unpaired) electrons. The molecule has 0 spiro atoms. The molecular formula is C22H35F3N2O3S. The largest absolute Gasteiger partial charge is 0.416 e. The quantitative estimate of drug-likeness (QED) is 0.443. The molecule has 0 heterocycles. The van der Waals surface area contributed by atoms with Gasteiger partial charge in [0.05, 0.1) is 16.6 Å². The lowest BCUT2D eigenvalue weighted by Crippen LogP contribution is -2.40. The van der Waals surface area contributed by atoms with Crippen molar-refractivity contribution in [2.75, 3.05) is 33.3 Å². The van der Waals surface area contributed by atoms with Crippen molar-refractivity contribution in [1.29, 1.82) is 0 Å². The number of halogens is 3. The Balaban J connectivity index is 1.80. The van der Waals surface area contributed by atoms with Gasteiger partial charge in [0.1, 0.15) is 0 Å². The lowest BCUT2D eigenvalue weighted by molar-refractivity contribution is -0.137. The van der Waals surface area contributed by atoms with E-state index in [4.69, 9.17) is 4.74 Å². The van der Waals surface area contributed by atoms with E-state index in [9.17, 15) is 21.6 Å². The summed E-state index contributed by atoms with van der Waals surface area (Å²) in [7, 11) is -2.33. The molecule has 1 fully saturated rings. The maximum atomic E-state index is 12.8. The van der Waals surface area contributed by atoms with Gasteiger partial charge in [0, 0.05) is 19.7 Å². The summed E-state index contributed by atoms with van der Waals surface area (Å²) in [6, 6.07) is 3.51. The number of ether oxygens (including phenoxy) is 1. The minimum absolute atomic E-state index is 0.116. The highest BCUT2D eigenvalue weighted by Crippen LogP contribution is 2.32. The van der Waals surface area contributed by atoms with Crippen LogP contribution < -0.4 is 0 Å². The number of rotatable bonds is 11. The molecule has 5 nitrogen and oxygen atoms in total. The molecule has 0 bridgehead atoms. The van der Waals surface area contributed by atoms with Gasteiger partial charge in [-0.1, -0.05) is 13.8 Å². The molecule has 1 aliphatic carbocycles. The van der Waals surface area contributed by atoms with Crippen molar-refractivity contribution < 1.29 is 26.3 Å². The molecule has 9 heteroatoms. The Labute approximate surface area is 184 Å². The van der Waals surface area contributed by atoms with E-state index in [1.165, 1.54) is 11.4 Å². The van der Waals surface area contributed by atoms with Crippen molar-refractivity contribution in [2.45, 2.75) is 75.6 Å². The first-order chi connectivity index (χ1) is 14.6. The summed E-state index contributed by atoms with van der Waals surface area (Å²) in [5.41, 5.74) is -0.858. The Morgan fingerprint density at radius 3 is 2.10 bits per heavy atom. The molecular weight excluding hydrogens is 429 g/mol. The summed E-state index contributed by atoms with van der Waals surface area (Å²) in [4.78, 5) is 2.27. The molecule has 0 atom stereocenters. The fourth-order valence-corrected chi connectivity index (χ4v) is 5.40. The van der Waals surface area contributed by atoms with Crippen LogP contribution in [0.1, 0.15) is 57.9 Å². The van der Waals surface area contributed by atoms with E-state index < -0.39 is 21.8 Å². The molecule has 0 unspecified atom stereocenters. The highest BCUT2D eigenvalue weighted by Gasteiger charge is 2.34. The highest BCUT2D eigenvalue weighted by molar-refractivity contribution is 7.89. The molecule has 178 valence electrons. The van der Waals surface area contributed by atoms with E-state index in [2.05, 4.69) is 18.7 Å². The maximum absolute atomic E-state index is 12.8. The third-order valence-electron chi connectivity index (χ3n) is 6.13. The summed E-state index contributed by atoms with van der Waals surface area (Å²) < 4.78 is 71.1. The van der Waals surface area contributed by atoms with Crippen molar-refractivity contribution in [3.05, 3.63) is 29.8 Å². The highest BCUT2D eigenvalue weighted by atomic mass is 32.2. The normalized spacial score (nSPS) is 20.5. The number of sulfonamides is 1. The number of alkyl halides is 3. The lowest BCUT2D eigenvalue weighted by atomic mass is 9.93. The van der Waals surface area contributed by atoms with Gasteiger partial charge in [-0.15, -0.1) is 0 Å². The monoisotopic (exact) mass is 464 g/mol. The molecule has 2 rings (SSSR count). The Morgan fingerprint density at radius 2 is 1.58 bits per heavy atom. The van der Waals surface area contributed by atoms with E-state index >= 15 is 0 Å². The van der Waals surface area contributed by atoms with Gasteiger partial charge in [0.25, 0.3) is 0 Å². The van der Waals surface area contributed by atoms with Crippen LogP contribution in [0.25, 0.3) is 0 Å². The molecule has 0 saturated heterocycles. The van der Waals surface area contributed by atoms with Crippen LogP contribution in [0, 0.1) is 0 Å². The predicted octanol–water partition coefficient (Wildman–Crippen LogP) is 4.78. The van der Waals surface area contributed by atoms with Crippen LogP contribution in [0.4, 0.5) is 13.2 Å². The molecule has 1 aromatic rings. The fraction of sp³-hybridized carbons (Fsp3) is 0.727. The second kappa shape index (κ2) is 11.6. The number of benzene rings is 1. The maximum Gasteiger partial charge on any atom is 0.416 e. The SMILES string of the molecule is CCN(CC)CCCCOC1CCC(N(C)S(=O)(=O)c2ccc(C(F)(F)F)cc2)CC1. The van der Waals surface area contributed by atoms with Gasteiger partial charge in [-0.25, -0.2) is 8.42 Å². The average molecular weight is 465 g/mol. The van der Waals surface area contributed by atoms with Crippen LogP contribution in [0.5, 0.6) is 0 Å². The molecule has 31 heavy (non-hydrogen) atoms. The lowest BCUT2D eigenvalue weighted by Gasteiger charge is -2.34. The van der Waals surface area contributed by atoms with Crippen LogP contribution in [-0.4, -0.2) is 63.1 Å². The van der Waals surface area contributed by atoms with E-state index in [1.807, 2.05) is 0 Å². The first-order valence-corrected chi connectivity index (χ1v) is 12.5. The van der Waals surface area contributed by atoms with E-state index in [1.54, 1.807) is 0 Å². The molecule has 0 amide bonds. The standard InChI is InChI=1S/C22H35F3N2O3S/c1-4-27(5-2)16-6-7-17-30-20-12-10-19(11-13-20)26(3)31(28,29)21-14-8-18(9-15-21)22(23,24)25/h8-9,14-15,19-20H,4-7,10-13,16-17H2,1-3H3. The first kappa shape index (κ1) is 26.1. The number of unbranched alkanes of at least 4 members (excludes halogenated alkanes) is 1. The van der Waals surface area contributed by atoms with Gasteiger partial charge < -0.3 is 9.64 Å². The van der Waals surface area contributed by atoms with Gasteiger partial charge in [0.2, 0.25) is 10.0 Å². The number of hydrogen-bond donors (Lipinski definition) is 0. The minimum atomic E-state index is -4.49. The van der Waals surface area contributed by atoms with Gasteiger partial charge in [-0.05, 0) is 82.4 Å². The van der Waals surface area contributed by atoms with Crippen molar-refractivity contribution in [3.63, 3.8) is 0 Å². The van der Waals surface area contributed by atoms with Crippen LogP contribution in [0.3, 0.4) is 0 Å². The zero-order chi connectivity index (χ0) is 23.1. The third-order valence-corrected chi connectivity index (χ3v) is 8.06. The second-order valence-electron chi connectivity index (χ2n) is 8.08. The van der Waals surface area contributed by atoms with E-state index in [0.717, 1.165) is 76.2 Å². The van der Waals surface area contributed by atoms with E-state index in [-0.39, 0.29) is 17.0 Å². The zero-order valence-corrected chi connectivity index (χ0v) is 19.5. The summed E-state index contributed by atoms with van der Waals surface area (Å²) >= 11 is 0. The molecule has 0 aliphatic heterocycles. The Hall–Kier alpha value is -1.16. The number of hydrogen-bond acceptors (Lipinski definition) is 4. The topological polar surface area (TPSA) is 49.9 Å². The predicted molar refractivity (Wildman–Crippen MR) is 115 cm³/mol. The van der Waals surface area contributed by atoms with Gasteiger partial charge in [-0.3, -0.25) is 0 Å². The molecule has 1 aliphatic rings. The van der Waals surface area contributed by atoms with Crippen LogP contribution >= 0.6 is 0 Å². The van der Waals surface area contributed by atoms with Crippen LogP contribution in [0.2, 0.25) is 0 Å². The van der Waals surface area contributed by atoms with Crippen molar-refractivity contribution in [2.24, 2.45) is 0 Å². The van der Waals surface area contributed by atoms with Gasteiger partial charge >= 0.3 is 6.18 Å². The van der Waals surface area contributed by atoms with Crippen molar-refractivity contribution in [1.82, 2.24) is 9.21 Å². The summed E-state index contributed by atoms with van der Waals surface area (Å²) in [6.07, 6.45) is 0.705. The Bertz CT molecular complexity index is 757. The Morgan fingerprint density at radius 1 is 1.00 bits per heavy atom. The van der Waals surface area contributed by atoms with Crippen LogP contribution in [0.15, 0.2) is 29.2 Å². The molecule has 0 N–H and O–H groups in total. The van der Waals surface area contributed by atoms with Gasteiger partial charge in [0.15, 0.2) is 0 Å². The minimum Gasteiger partial charge on any atom is -0.378 e. The van der Waals surface area contributed by atoms with Crippen molar-refractivity contribution >= 4 is 10.0 Å². The first-order valence-electron chi connectivity index (χ1n) is 11.1. The van der Waals surface area contributed by atoms with Crippen molar-refractivity contribution in [3.8, 4) is 0 Å². The molecule has 0 aromatic heterocycles. The molecule has 1 aromatic carbocycles. The zero-order valence-electron chi connectivity index (χ0n) is 18.7. The number of nitrogens with zero attached hydrogens (tertiary/aromatic N) is 2. The summed E-state index contributed by atoms with van der Waals surface area (Å²) in [6.45, 7) is 8.24. The second-order valence-corrected chi connectivity index (χ2v) is 10.1. The smallest absolute Gasteiger partial charge is 0.378 e. The summed E-state index contributed by atoms with van der Waals surface area (Å²) in [5, 5.41) is 0. The van der Waals surface area contributed by atoms with E-state index in [0.29, 0.717) is 12.8 Å². The Kier molecular flexibility index (Phi) is 9.79. The summed E-state index contributed by atoms with van der Waals surface area (Å²) in [5.74, 6) is 0. The third kappa shape index (κ3) is 7.44. The fourth-order valence-electron chi connectivity index (χ4n) is 3.98. The van der Waals surface area contributed by atoms with Gasteiger partial charge in [-0.2, -0.15) is 17.5 Å². The van der Waals surface area contributed by atoms with Crippen LogP contribution in [-0.2, 0) is 20.9 Å².